The van der Waals surface area contributed by atoms with Gasteiger partial charge in [0.2, 0.25) is 5.91 Å². The van der Waals surface area contributed by atoms with Crippen LogP contribution in [-0.4, -0.2) is 19.0 Å². The second kappa shape index (κ2) is 4.09. The quantitative estimate of drug-likeness (QED) is 0.374. The van der Waals surface area contributed by atoms with E-state index < -0.39 is 5.91 Å². The number of hydrogen-bond donors (Lipinski definition) is 2. The van der Waals surface area contributed by atoms with Gasteiger partial charge in [-0.25, -0.2) is 0 Å². The first-order valence-corrected chi connectivity index (χ1v) is 2.80. The molecule has 52 valence electrons. The number of primary amides is 1. The molecule has 1 fully saturated rings. The maximum atomic E-state index is 9.82. The standard InChI is InChI=1S/C4H7NO.C2H5N/c1-3(2)4(5)6;1-2-3-1/h1H2,2H3,(H2,5,6);3H,1-2H2. The second-order valence-electron chi connectivity index (χ2n) is 1.89. The Kier molecular flexibility index (Phi) is 3.71. The molecule has 0 radical (unpaired) electrons. The third kappa shape index (κ3) is 11.0. The molecule has 0 saturated carbocycles. The number of amides is 1. The molecule has 1 saturated heterocycles. The van der Waals surface area contributed by atoms with Crippen LogP contribution < -0.4 is 11.1 Å². The number of nitrogens with two attached hydrogens (primary N) is 1. The van der Waals surface area contributed by atoms with Crippen molar-refractivity contribution in [2.24, 2.45) is 5.73 Å². The molecule has 3 nitrogen and oxygen atoms in total. The molecule has 3 N–H and O–H groups in total. The van der Waals surface area contributed by atoms with Crippen molar-refractivity contribution in [2.75, 3.05) is 13.1 Å². The monoisotopic (exact) mass is 128 g/mol. The van der Waals surface area contributed by atoms with Crippen molar-refractivity contribution in [3.63, 3.8) is 0 Å². The van der Waals surface area contributed by atoms with E-state index in [9.17, 15) is 4.79 Å². The number of carbonyl (C=O) groups excluding carboxylic acids is 1. The molecular weight excluding hydrogens is 116 g/mol. The Balaban J connectivity index is 0.000000173. The van der Waals surface area contributed by atoms with Gasteiger partial charge in [-0.15, -0.1) is 0 Å². The highest BCUT2D eigenvalue weighted by Crippen LogP contribution is 1.78. The van der Waals surface area contributed by atoms with Gasteiger partial charge in [0.05, 0.1) is 0 Å². The lowest BCUT2D eigenvalue weighted by atomic mass is 10.3. The van der Waals surface area contributed by atoms with Crippen LogP contribution in [0.4, 0.5) is 0 Å². The van der Waals surface area contributed by atoms with Gasteiger partial charge in [-0.05, 0) is 6.92 Å². The van der Waals surface area contributed by atoms with Gasteiger partial charge in [-0.3, -0.25) is 4.79 Å². The first-order chi connectivity index (χ1) is 4.14. The first kappa shape index (κ1) is 8.17. The molecule has 0 spiro atoms. The summed E-state index contributed by atoms with van der Waals surface area (Å²) in [6.07, 6.45) is 0. The van der Waals surface area contributed by atoms with E-state index in [1.165, 1.54) is 13.1 Å². The summed E-state index contributed by atoms with van der Waals surface area (Å²) in [7, 11) is 0. The third-order valence-corrected chi connectivity index (χ3v) is 0.671. The van der Waals surface area contributed by atoms with Crippen molar-refractivity contribution >= 4 is 5.91 Å². The first-order valence-electron chi connectivity index (χ1n) is 2.80. The summed E-state index contributed by atoms with van der Waals surface area (Å²) in [4.78, 5) is 9.82. The second-order valence-corrected chi connectivity index (χ2v) is 1.89. The molecule has 0 atom stereocenters. The van der Waals surface area contributed by atoms with E-state index in [4.69, 9.17) is 5.73 Å². The van der Waals surface area contributed by atoms with Gasteiger partial charge in [0.15, 0.2) is 0 Å². The van der Waals surface area contributed by atoms with Gasteiger partial charge in [-0.1, -0.05) is 6.58 Å². The number of nitrogens with one attached hydrogen (secondary N) is 1. The molecule has 0 aromatic heterocycles. The molecule has 9 heavy (non-hydrogen) atoms. The summed E-state index contributed by atoms with van der Waals surface area (Å²) in [5.74, 6) is -0.435. The van der Waals surface area contributed by atoms with Gasteiger partial charge < -0.3 is 11.1 Å². The van der Waals surface area contributed by atoms with Gasteiger partial charge in [0, 0.05) is 18.7 Å². The Morgan fingerprint density at radius 1 is 1.67 bits per heavy atom. The lowest BCUT2D eigenvalue weighted by Gasteiger charge is -1.81. The average Bonchev–Trinajstić information content (AvgIpc) is 2.46. The highest BCUT2D eigenvalue weighted by molar-refractivity contribution is 5.90. The van der Waals surface area contributed by atoms with Crippen molar-refractivity contribution in [1.82, 2.24) is 5.32 Å². The lowest BCUT2D eigenvalue weighted by molar-refractivity contribution is -0.114. The summed E-state index contributed by atoms with van der Waals surface area (Å²) in [5.41, 5.74) is 5.09. The number of hydrogen-bond acceptors (Lipinski definition) is 2. The Labute approximate surface area is 54.9 Å². The smallest absolute Gasteiger partial charge is 0.243 e. The van der Waals surface area contributed by atoms with E-state index in [0.717, 1.165) is 0 Å². The fourth-order valence-corrected chi connectivity index (χ4v) is 0. The molecular formula is C6H12N2O. The van der Waals surface area contributed by atoms with Gasteiger partial charge in [0.1, 0.15) is 0 Å². The minimum Gasteiger partial charge on any atom is -0.366 e. The average molecular weight is 128 g/mol. The lowest BCUT2D eigenvalue weighted by Crippen LogP contribution is -2.10. The van der Waals surface area contributed by atoms with E-state index in [1.807, 2.05) is 0 Å². The Morgan fingerprint density at radius 2 is 1.89 bits per heavy atom. The summed E-state index contributed by atoms with van der Waals surface area (Å²) >= 11 is 0. The molecule has 1 aliphatic heterocycles. The van der Waals surface area contributed by atoms with Crippen molar-refractivity contribution in [2.45, 2.75) is 6.92 Å². The summed E-state index contributed by atoms with van der Waals surface area (Å²) < 4.78 is 0. The molecule has 0 aromatic carbocycles. The van der Waals surface area contributed by atoms with E-state index in [0.29, 0.717) is 5.57 Å². The van der Waals surface area contributed by atoms with Crippen molar-refractivity contribution in [3.8, 4) is 0 Å². The van der Waals surface area contributed by atoms with E-state index in [-0.39, 0.29) is 0 Å². The Bertz CT molecular complexity index is 103. The highest BCUT2D eigenvalue weighted by atomic mass is 16.1. The predicted octanol–water partition coefficient (Wildman–Crippen LogP) is -0.363. The fourth-order valence-electron chi connectivity index (χ4n) is 0. The molecule has 1 heterocycles. The molecule has 1 aliphatic rings. The Hall–Kier alpha value is -0.830. The van der Waals surface area contributed by atoms with Crippen molar-refractivity contribution < 1.29 is 4.79 Å². The fraction of sp³-hybridized carbons (Fsp3) is 0.500. The molecule has 0 bridgehead atoms. The summed E-state index contributed by atoms with van der Waals surface area (Å²) in [6.45, 7) is 7.35. The van der Waals surface area contributed by atoms with Gasteiger partial charge >= 0.3 is 0 Å². The largest absolute Gasteiger partial charge is 0.366 e. The molecule has 0 aromatic rings. The van der Waals surface area contributed by atoms with E-state index in [2.05, 4.69) is 11.9 Å². The van der Waals surface area contributed by atoms with E-state index >= 15 is 0 Å². The maximum Gasteiger partial charge on any atom is 0.243 e. The van der Waals surface area contributed by atoms with Crippen LogP contribution in [0.15, 0.2) is 12.2 Å². The summed E-state index contributed by atoms with van der Waals surface area (Å²) in [5, 5.41) is 3.00. The van der Waals surface area contributed by atoms with Crippen LogP contribution in [0.5, 0.6) is 0 Å². The third-order valence-electron chi connectivity index (χ3n) is 0.671. The van der Waals surface area contributed by atoms with Crippen LogP contribution in [0, 0.1) is 0 Å². The van der Waals surface area contributed by atoms with Gasteiger partial charge in [-0.2, -0.15) is 0 Å². The molecule has 1 rings (SSSR count). The van der Waals surface area contributed by atoms with E-state index in [1.54, 1.807) is 6.92 Å². The summed E-state index contributed by atoms with van der Waals surface area (Å²) in [6, 6.07) is 0. The Morgan fingerprint density at radius 3 is 1.89 bits per heavy atom. The zero-order chi connectivity index (χ0) is 7.28. The topological polar surface area (TPSA) is 65.0 Å². The highest BCUT2D eigenvalue weighted by Gasteiger charge is 1.91. The zero-order valence-corrected chi connectivity index (χ0v) is 5.61. The zero-order valence-electron chi connectivity index (χ0n) is 5.61. The minimum atomic E-state index is -0.435. The number of rotatable bonds is 1. The van der Waals surface area contributed by atoms with Crippen LogP contribution in [0.2, 0.25) is 0 Å². The molecule has 1 amide bonds. The molecule has 3 heteroatoms. The minimum absolute atomic E-state index is 0.398. The van der Waals surface area contributed by atoms with Gasteiger partial charge in [0.25, 0.3) is 0 Å². The number of carbonyl (C=O) groups is 1. The van der Waals surface area contributed by atoms with Crippen LogP contribution in [-0.2, 0) is 4.79 Å². The van der Waals surface area contributed by atoms with Crippen LogP contribution in [0.1, 0.15) is 6.92 Å². The SMILES string of the molecule is C1CN1.C=C(C)C(N)=O. The molecule has 0 aliphatic carbocycles. The van der Waals surface area contributed by atoms with Crippen LogP contribution in [0.3, 0.4) is 0 Å². The van der Waals surface area contributed by atoms with Crippen molar-refractivity contribution in [1.29, 1.82) is 0 Å². The van der Waals surface area contributed by atoms with Crippen LogP contribution >= 0.6 is 0 Å². The molecule has 0 unspecified atom stereocenters. The normalized spacial score (nSPS) is 13.0. The predicted molar refractivity (Wildman–Crippen MR) is 36.9 cm³/mol. The maximum absolute atomic E-state index is 9.82. The van der Waals surface area contributed by atoms with Crippen molar-refractivity contribution in [3.05, 3.63) is 12.2 Å². The van der Waals surface area contributed by atoms with Crippen LogP contribution in [0.25, 0.3) is 0 Å².